The van der Waals surface area contributed by atoms with Crippen LogP contribution in [0.4, 0.5) is 0 Å². The summed E-state index contributed by atoms with van der Waals surface area (Å²) in [5, 5.41) is 0.482. The molecular weight excluding hydrogens is 346 g/mol. The number of nitrogens with zero attached hydrogens (tertiary/aromatic N) is 1. The van der Waals surface area contributed by atoms with Gasteiger partial charge in [-0.05, 0) is 42.2 Å². The molecule has 1 aliphatic heterocycles. The van der Waals surface area contributed by atoms with Gasteiger partial charge in [-0.2, -0.15) is 0 Å². The van der Waals surface area contributed by atoms with Gasteiger partial charge < -0.3 is 9.57 Å². The molecule has 0 aliphatic carbocycles. The van der Waals surface area contributed by atoms with Crippen LogP contribution in [0.15, 0.2) is 48.5 Å². The average Bonchev–Trinajstić information content (AvgIpc) is 2.86. The van der Waals surface area contributed by atoms with E-state index in [1.807, 2.05) is 12.1 Å². The Kier molecular flexibility index (Phi) is 4.74. The maximum atomic E-state index is 12.3. The molecule has 0 saturated heterocycles. The minimum absolute atomic E-state index is 0.00849. The van der Waals surface area contributed by atoms with E-state index in [1.54, 1.807) is 24.3 Å². The highest BCUT2D eigenvalue weighted by Crippen LogP contribution is 2.25. The number of imide groups is 1. The minimum Gasteiger partial charge on any atom is -0.479 e. The first kappa shape index (κ1) is 18.6. The Bertz CT molecular complexity index is 861. The largest absolute Gasteiger partial charge is 0.479 e. The Morgan fingerprint density at radius 2 is 1.44 bits per heavy atom. The van der Waals surface area contributed by atoms with Crippen molar-refractivity contribution in [1.82, 2.24) is 5.06 Å². The minimum atomic E-state index is -0.991. The van der Waals surface area contributed by atoms with Gasteiger partial charge in [-0.1, -0.05) is 50.1 Å². The van der Waals surface area contributed by atoms with Crippen molar-refractivity contribution < 1.29 is 24.0 Å². The molecule has 0 aromatic heterocycles. The van der Waals surface area contributed by atoms with E-state index in [4.69, 9.17) is 9.57 Å². The molecule has 0 spiro atoms. The smallest absolute Gasteiger partial charge is 0.373 e. The summed E-state index contributed by atoms with van der Waals surface area (Å²) in [5.74, 6) is -1.66. The number of carbonyl (C=O) groups excluding carboxylic acids is 3. The van der Waals surface area contributed by atoms with Gasteiger partial charge in [0.15, 0.2) is 6.10 Å². The van der Waals surface area contributed by atoms with Crippen molar-refractivity contribution in [2.45, 2.75) is 39.2 Å². The SMILES string of the molecule is CC(Oc1ccc(C(C)(C)C)cc1)C(=O)ON1C(=O)c2ccccc2C1=O. The van der Waals surface area contributed by atoms with Crippen molar-refractivity contribution in [3.05, 3.63) is 65.2 Å². The molecular formula is C21H21NO5. The van der Waals surface area contributed by atoms with Gasteiger partial charge in [0.2, 0.25) is 0 Å². The van der Waals surface area contributed by atoms with Crippen molar-refractivity contribution in [1.29, 1.82) is 0 Å². The van der Waals surface area contributed by atoms with E-state index in [-0.39, 0.29) is 16.5 Å². The molecule has 0 radical (unpaired) electrons. The topological polar surface area (TPSA) is 72.9 Å². The van der Waals surface area contributed by atoms with Gasteiger partial charge in [0.05, 0.1) is 11.1 Å². The number of ether oxygens (including phenoxy) is 1. The molecule has 1 unspecified atom stereocenters. The molecule has 27 heavy (non-hydrogen) atoms. The number of carbonyl (C=O) groups is 3. The summed E-state index contributed by atoms with van der Waals surface area (Å²) in [6.45, 7) is 7.80. The van der Waals surface area contributed by atoms with Gasteiger partial charge >= 0.3 is 5.97 Å². The number of hydrogen-bond donors (Lipinski definition) is 0. The molecule has 0 N–H and O–H groups in total. The van der Waals surface area contributed by atoms with E-state index in [0.717, 1.165) is 5.56 Å². The van der Waals surface area contributed by atoms with E-state index in [9.17, 15) is 14.4 Å². The van der Waals surface area contributed by atoms with E-state index in [0.29, 0.717) is 10.8 Å². The monoisotopic (exact) mass is 367 g/mol. The van der Waals surface area contributed by atoms with Crippen molar-refractivity contribution >= 4 is 17.8 Å². The highest BCUT2D eigenvalue weighted by molar-refractivity contribution is 6.20. The van der Waals surface area contributed by atoms with Crippen LogP contribution in [0.3, 0.4) is 0 Å². The zero-order chi connectivity index (χ0) is 19.8. The van der Waals surface area contributed by atoms with Gasteiger partial charge in [-0.15, -0.1) is 0 Å². The van der Waals surface area contributed by atoms with Crippen molar-refractivity contribution in [3.8, 4) is 5.75 Å². The second-order valence-corrected chi connectivity index (χ2v) is 7.40. The Morgan fingerprint density at radius 3 is 1.93 bits per heavy atom. The van der Waals surface area contributed by atoms with Crippen LogP contribution in [-0.2, 0) is 15.0 Å². The lowest BCUT2D eigenvalue weighted by Crippen LogP contribution is -2.37. The molecule has 0 fully saturated rings. The Balaban J connectivity index is 1.65. The van der Waals surface area contributed by atoms with Crippen LogP contribution in [0.2, 0.25) is 0 Å². The number of fused-ring (bicyclic) bond motifs is 1. The van der Waals surface area contributed by atoms with E-state index in [2.05, 4.69) is 20.8 Å². The third kappa shape index (κ3) is 3.69. The highest BCUT2D eigenvalue weighted by Gasteiger charge is 2.39. The first-order valence-corrected chi connectivity index (χ1v) is 8.65. The fourth-order valence-electron chi connectivity index (χ4n) is 2.70. The highest BCUT2D eigenvalue weighted by atomic mass is 16.7. The molecule has 3 rings (SSSR count). The Labute approximate surface area is 157 Å². The Hall–Kier alpha value is -3.15. The van der Waals surface area contributed by atoms with Gasteiger partial charge in [0, 0.05) is 0 Å². The van der Waals surface area contributed by atoms with Crippen LogP contribution in [0, 0.1) is 0 Å². The van der Waals surface area contributed by atoms with E-state index >= 15 is 0 Å². The summed E-state index contributed by atoms with van der Waals surface area (Å²) < 4.78 is 5.58. The molecule has 0 saturated carbocycles. The summed E-state index contributed by atoms with van der Waals surface area (Å²) in [6.07, 6.45) is -0.991. The summed E-state index contributed by atoms with van der Waals surface area (Å²) in [7, 11) is 0. The summed E-state index contributed by atoms with van der Waals surface area (Å²) in [6, 6.07) is 13.7. The van der Waals surface area contributed by atoms with Gasteiger partial charge in [0.1, 0.15) is 5.75 Å². The maximum absolute atomic E-state index is 12.3. The number of hydrogen-bond acceptors (Lipinski definition) is 5. The second-order valence-electron chi connectivity index (χ2n) is 7.40. The molecule has 6 heteroatoms. The molecule has 140 valence electrons. The molecule has 1 aliphatic rings. The van der Waals surface area contributed by atoms with Crippen molar-refractivity contribution in [3.63, 3.8) is 0 Å². The Morgan fingerprint density at radius 1 is 0.926 bits per heavy atom. The average molecular weight is 367 g/mol. The standard InChI is InChI=1S/C21H21NO5/c1-13(26-15-11-9-14(10-12-15)21(2,3)4)20(25)27-22-18(23)16-7-5-6-8-17(16)19(22)24/h5-13H,1-4H3. The summed E-state index contributed by atoms with van der Waals surface area (Å²) in [4.78, 5) is 41.8. The van der Waals surface area contributed by atoms with Crippen LogP contribution < -0.4 is 4.74 Å². The maximum Gasteiger partial charge on any atom is 0.373 e. The number of hydroxylamine groups is 2. The van der Waals surface area contributed by atoms with Crippen LogP contribution >= 0.6 is 0 Å². The van der Waals surface area contributed by atoms with Gasteiger partial charge in [-0.25, -0.2) is 4.79 Å². The third-order valence-electron chi connectivity index (χ3n) is 4.30. The molecule has 6 nitrogen and oxygen atoms in total. The fourth-order valence-corrected chi connectivity index (χ4v) is 2.70. The molecule has 0 bridgehead atoms. The van der Waals surface area contributed by atoms with Crippen LogP contribution in [-0.4, -0.2) is 29.0 Å². The lowest BCUT2D eigenvalue weighted by atomic mass is 9.87. The van der Waals surface area contributed by atoms with Crippen molar-refractivity contribution in [2.24, 2.45) is 0 Å². The lowest BCUT2D eigenvalue weighted by molar-refractivity contribution is -0.176. The molecule has 1 heterocycles. The number of rotatable bonds is 4. The third-order valence-corrected chi connectivity index (χ3v) is 4.30. The van der Waals surface area contributed by atoms with Crippen LogP contribution in [0.25, 0.3) is 0 Å². The summed E-state index contributed by atoms with van der Waals surface area (Å²) >= 11 is 0. The lowest BCUT2D eigenvalue weighted by Gasteiger charge is -2.20. The fraction of sp³-hybridized carbons (Fsp3) is 0.286. The second kappa shape index (κ2) is 6.87. The van der Waals surface area contributed by atoms with Gasteiger partial charge in [0.25, 0.3) is 11.8 Å². The van der Waals surface area contributed by atoms with Crippen LogP contribution in [0.1, 0.15) is 54.0 Å². The summed E-state index contributed by atoms with van der Waals surface area (Å²) in [5.41, 5.74) is 1.56. The van der Waals surface area contributed by atoms with Gasteiger partial charge in [-0.3, -0.25) is 9.59 Å². The first-order chi connectivity index (χ1) is 12.7. The molecule has 1 atom stereocenters. The molecule has 2 amide bonds. The first-order valence-electron chi connectivity index (χ1n) is 8.65. The van der Waals surface area contributed by atoms with E-state index < -0.39 is 23.9 Å². The quantitative estimate of drug-likeness (QED) is 0.773. The van der Waals surface area contributed by atoms with Crippen molar-refractivity contribution in [2.75, 3.05) is 0 Å². The zero-order valence-corrected chi connectivity index (χ0v) is 15.7. The molecule has 2 aromatic rings. The van der Waals surface area contributed by atoms with E-state index in [1.165, 1.54) is 19.1 Å². The number of amides is 2. The normalized spacial score (nSPS) is 14.7. The zero-order valence-electron chi connectivity index (χ0n) is 15.7. The predicted octanol–water partition coefficient (Wildman–Crippen LogP) is 3.51. The van der Waals surface area contributed by atoms with Crippen LogP contribution in [0.5, 0.6) is 5.75 Å². The molecule has 2 aromatic carbocycles. The predicted molar refractivity (Wildman–Crippen MR) is 98.3 cm³/mol. The number of benzene rings is 2.